The van der Waals surface area contributed by atoms with E-state index in [1.54, 1.807) is 41.4 Å². The van der Waals surface area contributed by atoms with Gasteiger partial charge in [0, 0.05) is 41.9 Å². The largest absolute Gasteiger partial charge is 0.465 e. The molecule has 0 saturated carbocycles. The molecule has 1 aromatic heterocycles. The number of ether oxygens (including phenoxy) is 1. The molecule has 0 aliphatic carbocycles. The van der Waals surface area contributed by atoms with E-state index in [-0.39, 0.29) is 18.4 Å². The van der Waals surface area contributed by atoms with E-state index in [0.717, 1.165) is 5.56 Å². The number of carboxylic acid groups (broad SMARTS) is 1. The second-order valence-electron chi connectivity index (χ2n) is 9.08. The molecular formula is C27H26ClN5O5. The molecule has 5 rings (SSSR count). The smallest absolute Gasteiger partial charge is 0.411 e. The molecule has 4 N–H and O–H groups in total. The van der Waals surface area contributed by atoms with E-state index >= 15 is 0 Å². The number of carbonyl (C=O) groups is 3. The minimum Gasteiger partial charge on any atom is -0.465 e. The normalized spacial score (nSPS) is 19.8. The fraction of sp³-hybridized carbons (Fsp3) is 0.259. The summed E-state index contributed by atoms with van der Waals surface area (Å²) in [5.41, 5.74) is 2.77. The first kappa shape index (κ1) is 25.3. The Hall–Kier alpha value is -4.31. The number of hydrogen-bond acceptors (Lipinski definition) is 5. The fourth-order valence-corrected chi connectivity index (χ4v) is 4.89. The molecule has 11 heteroatoms. The Bertz CT molecular complexity index is 1400. The average Bonchev–Trinajstić information content (AvgIpc) is 3.36. The zero-order valence-corrected chi connectivity index (χ0v) is 21.1. The quantitative estimate of drug-likeness (QED) is 0.298. The Morgan fingerprint density at radius 1 is 1.18 bits per heavy atom. The Kier molecular flexibility index (Phi) is 7.32. The summed E-state index contributed by atoms with van der Waals surface area (Å²) in [5, 5.41) is 14.8. The summed E-state index contributed by atoms with van der Waals surface area (Å²) in [4.78, 5) is 46.5. The van der Waals surface area contributed by atoms with Gasteiger partial charge in [0.25, 0.3) is 0 Å². The summed E-state index contributed by atoms with van der Waals surface area (Å²) in [6.07, 6.45) is 5.35. The summed E-state index contributed by atoms with van der Waals surface area (Å²) in [6, 6.07) is 11.8. The van der Waals surface area contributed by atoms with Crippen molar-refractivity contribution in [1.29, 1.82) is 0 Å². The van der Waals surface area contributed by atoms with Crippen LogP contribution in [0, 0.1) is 0 Å². The summed E-state index contributed by atoms with van der Waals surface area (Å²) in [7, 11) is 0. The summed E-state index contributed by atoms with van der Waals surface area (Å²) in [6.45, 7) is 0.464. The molecule has 2 aliphatic heterocycles. The van der Waals surface area contributed by atoms with Gasteiger partial charge in [-0.15, -0.1) is 0 Å². The van der Waals surface area contributed by atoms with Gasteiger partial charge in [-0.3, -0.25) is 15.0 Å². The number of aromatic nitrogens is 2. The van der Waals surface area contributed by atoms with Gasteiger partial charge in [-0.25, -0.2) is 14.6 Å². The molecule has 1 saturated heterocycles. The molecule has 3 amide bonds. The second-order valence-corrected chi connectivity index (χ2v) is 9.52. The summed E-state index contributed by atoms with van der Waals surface area (Å²) in [5.74, 6) is 0.369. The van der Waals surface area contributed by atoms with Crippen LogP contribution in [-0.4, -0.2) is 44.6 Å². The molecular weight excluding hydrogens is 510 g/mol. The molecule has 3 aromatic rings. The minimum absolute atomic E-state index is 0.207. The van der Waals surface area contributed by atoms with Gasteiger partial charge >= 0.3 is 12.2 Å². The topological polar surface area (TPSA) is 137 Å². The number of H-pyrrole nitrogens is 1. The Labute approximate surface area is 223 Å². The summed E-state index contributed by atoms with van der Waals surface area (Å²) < 4.78 is 5.80. The van der Waals surface area contributed by atoms with Gasteiger partial charge < -0.3 is 20.1 Å². The van der Waals surface area contributed by atoms with Crippen molar-refractivity contribution in [1.82, 2.24) is 14.9 Å². The first-order chi connectivity index (χ1) is 18.4. The van der Waals surface area contributed by atoms with E-state index in [1.807, 2.05) is 24.3 Å². The third-order valence-electron chi connectivity index (χ3n) is 6.50. The highest BCUT2D eigenvalue weighted by Crippen LogP contribution is 2.36. The monoisotopic (exact) mass is 535 g/mol. The number of carbonyl (C=O) groups excluding carboxylic acids is 2. The zero-order chi connectivity index (χ0) is 26.6. The van der Waals surface area contributed by atoms with Crippen molar-refractivity contribution in [2.24, 2.45) is 0 Å². The van der Waals surface area contributed by atoms with E-state index < -0.39 is 18.2 Å². The first-order valence-corrected chi connectivity index (χ1v) is 12.6. The number of hydrogen-bond donors (Lipinski definition) is 4. The number of nitrogens with zero attached hydrogens (tertiary/aromatic N) is 2. The van der Waals surface area contributed by atoms with Gasteiger partial charge in [0.1, 0.15) is 11.9 Å². The van der Waals surface area contributed by atoms with Crippen molar-refractivity contribution in [2.45, 2.75) is 37.8 Å². The molecule has 2 bridgehead atoms. The Balaban J connectivity index is 1.44. The van der Waals surface area contributed by atoms with E-state index in [2.05, 4.69) is 15.6 Å². The predicted molar refractivity (Wildman–Crippen MR) is 142 cm³/mol. The molecule has 0 spiro atoms. The molecule has 2 aromatic carbocycles. The molecule has 196 valence electrons. The van der Waals surface area contributed by atoms with Crippen molar-refractivity contribution in [3.8, 4) is 11.3 Å². The third kappa shape index (κ3) is 5.65. The summed E-state index contributed by atoms with van der Waals surface area (Å²) >= 11 is 6.12. The van der Waals surface area contributed by atoms with Crippen LogP contribution < -0.4 is 10.6 Å². The van der Waals surface area contributed by atoms with Gasteiger partial charge in [0.05, 0.1) is 17.4 Å². The molecule has 3 heterocycles. The lowest BCUT2D eigenvalue weighted by Crippen LogP contribution is -2.41. The van der Waals surface area contributed by atoms with Crippen LogP contribution in [0.15, 0.2) is 60.8 Å². The maximum Gasteiger partial charge on any atom is 0.411 e. The van der Waals surface area contributed by atoms with Crippen molar-refractivity contribution >= 4 is 41.1 Å². The lowest BCUT2D eigenvalue weighted by Gasteiger charge is -2.36. The standard InChI is InChI=1S/C27H26ClN5O5/c28-17-6-4-5-16(13-17)23-11-12-33(27(37)38-23)22-7-2-1-3-8-24(34)31-20-14-18(30-26(35)36)9-10-19(20)21-15-29-25(22)32-21/h1-2,4-6,9-10,13-15,22-23,30H,3,7-8,11-12H2,(H,29,32)(H,31,34)(H,35,36)/t22-,23?/m0/s1. The van der Waals surface area contributed by atoms with Gasteiger partial charge in [0.2, 0.25) is 5.91 Å². The highest BCUT2D eigenvalue weighted by atomic mass is 35.5. The number of rotatable bonds is 3. The van der Waals surface area contributed by atoms with Crippen molar-refractivity contribution in [2.75, 3.05) is 17.2 Å². The molecule has 1 fully saturated rings. The van der Waals surface area contributed by atoms with E-state index in [9.17, 15) is 14.4 Å². The highest BCUT2D eigenvalue weighted by molar-refractivity contribution is 6.30. The van der Waals surface area contributed by atoms with Crippen LogP contribution in [0.5, 0.6) is 0 Å². The van der Waals surface area contributed by atoms with Crippen LogP contribution in [0.2, 0.25) is 5.02 Å². The van der Waals surface area contributed by atoms with E-state index in [4.69, 9.17) is 26.4 Å². The molecule has 1 unspecified atom stereocenters. The molecule has 38 heavy (non-hydrogen) atoms. The van der Waals surface area contributed by atoms with Gasteiger partial charge in [0.15, 0.2) is 0 Å². The number of cyclic esters (lactones) is 1. The average molecular weight is 536 g/mol. The number of benzene rings is 2. The van der Waals surface area contributed by atoms with Crippen LogP contribution in [-0.2, 0) is 9.53 Å². The van der Waals surface area contributed by atoms with Crippen LogP contribution in [0.3, 0.4) is 0 Å². The zero-order valence-electron chi connectivity index (χ0n) is 20.3. The fourth-order valence-electron chi connectivity index (χ4n) is 4.69. The molecule has 2 atom stereocenters. The number of halogens is 1. The van der Waals surface area contributed by atoms with Gasteiger partial charge in [-0.05, 0) is 48.7 Å². The van der Waals surface area contributed by atoms with Crippen molar-refractivity contribution < 1.29 is 24.2 Å². The maximum atomic E-state index is 13.2. The number of fused-ring (bicyclic) bond motifs is 4. The lowest BCUT2D eigenvalue weighted by molar-refractivity contribution is -0.116. The highest BCUT2D eigenvalue weighted by Gasteiger charge is 2.35. The second kappa shape index (κ2) is 11.0. The molecule has 2 aliphatic rings. The number of aromatic amines is 1. The molecule has 0 radical (unpaired) electrons. The Morgan fingerprint density at radius 3 is 2.84 bits per heavy atom. The lowest BCUT2D eigenvalue weighted by atomic mass is 10.0. The minimum atomic E-state index is -1.21. The van der Waals surface area contributed by atoms with E-state index in [1.165, 1.54) is 0 Å². The van der Waals surface area contributed by atoms with Crippen LogP contribution >= 0.6 is 11.6 Å². The van der Waals surface area contributed by atoms with Crippen molar-refractivity contribution in [3.05, 3.63) is 77.2 Å². The van der Waals surface area contributed by atoms with Gasteiger partial charge in [-0.2, -0.15) is 0 Å². The number of amides is 3. The number of allylic oxidation sites excluding steroid dienone is 1. The maximum absolute atomic E-state index is 13.2. The van der Waals surface area contributed by atoms with Crippen LogP contribution in [0.4, 0.5) is 21.0 Å². The van der Waals surface area contributed by atoms with Crippen LogP contribution in [0.25, 0.3) is 11.3 Å². The number of imidazole rings is 1. The van der Waals surface area contributed by atoms with E-state index in [0.29, 0.717) is 59.3 Å². The third-order valence-corrected chi connectivity index (χ3v) is 6.74. The predicted octanol–water partition coefficient (Wildman–Crippen LogP) is 6.12. The Morgan fingerprint density at radius 2 is 2.05 bits per heavy atom. The van der Waals surface area contributed by atoms with Gasteiger partial charge in [-0.1, -0.05) is 35.9 Å². The SMILES string of the molecule is O=C(O)Nc1ccc2c(c1)NC(=O)CCC=CC[C@H](N1CCC(c3cccc(Cl)c3)OC1=O)c1nc-2c[nH]1. The van der Waals surface area contributed by atoms with Crippen LogP contribution in [0.1, 0.15) is 49.2 Å². The first-order valence-electron chi connectivity index (χ1n) is 12.2. The number of nitrogens with one attached hydrogen (secondary N) is 3. The molecule has 10 nitrogen and oxygen atoms in total. The number of anilines is 2. The van der Waals surface area contributed by atoms with Crippen molar-refractivity contribution in [3.63, 3.8) is 0 Å².